The molecule has 0 N–H and O–H groups in total. The maximum Gasteiger partial charge on any atom is 0.276 e. The lowest BCUT2D eigenvalue weighted by Crippen LogP contribution is -2.50. The van der Waals surface area contributed by atoms with E-state index in [1.807, 2.05) is 55.5 Å². The van der Waals surface area contributed by atoms with E-state index in [-0.39, 0.29) is 24.5 Å². The first-order valence-electron chi connectivity index (χ1n) is 11.4. The van der Waals surface area contributed by atoms with Crippen molar-refractivity contribution in [2.75, 3.05) is 33.3 Å². The van der Waals surface area contributed by atoms with Crippen LogP contribution in [0.5, 0.6) is 5.75 Å². The summed E-state index contributed by atoms with van der Waals surface area (Å²) in [5.41, 5.74) is 3.81. The number of amides is 2. The molecule has 0 aliphatic carbocycles. The Morgan fingerprint density at radius 3 is 2.24 bits per heavy atom. The van der Waals surface area contributed by atoms with E-state index in [0.717, 1.165) is 16.9 Å². The van der Waals surface area contributed by atoms with Gasteiger partial charge >= 0.3 is 0 Å². The first kappa shape index (κ1) is 22.1. The molecule has 1 atom stereocenters. The van der Waals surface area contributed by atoms with E-state index in [0.29, 0.717) is 49.7 Å². The molecule has 0 saturated carbocycles. The fourth-order valence-electron chi connectivity index (χ4n) is 4.34. The molecule has 0 radical (unpaired) electrons. The average molecular weight is 462 g/mol. The second kappa shape index (κ2) is 9.26. The number of aromatic nitrogens is 3. The zero-order valence-electron chi connectivity index (χ0n) is 19.3. The molecule has 3 heterocycles. The van der Waals surface area contributed by atoms with Gasteiger partial charge in [0.2, 0.25) is 0 Å². The summed E-state index contributed by atoms with van der Waals surface area (Å²) in [6.07, 6.45) is -0.167. The van der Waals surface area contributed by atoms with Crippen molar-refractivity contribution >= 4 is 11.8 Å². The normalized spacial score (nSPS) is 17.9. The number of methoxy groups -OCH3 is 1. The number of fused-ring (bicyclic) bond motifs is 1. The third kappa shape index (κ3) is 4.26. The predicted molar refractivity (Wildman–Crippen MR) is 124 cm³/mol. The average Bonchev–Trinajstić information content (AvgIpc) is 3.32. The van der Waals surface area contributed by atoms with Gasteiger partial charge in [-0.1, -0.05) is 35.0 Å². The minimum atomic E-state index is -0.171. The van der Waals surface area contributed by atoms with Crippen LogP contribution in [0, 0.1) is 6.92 Å². The quantitative estimate of drug-likeness (QED) is 0.593. The van der Waals surface area contributed by atoms with Gasteiger partial charge in [0.05, 0.1) is 26.0 Å². The smallest absolute Gasteiger partial charge is 0.276 e. The molecule has 2 amide bonds. The first-order valence-corrected chi connectivity index (χ1v) is 11.4. The van der Waals surface area contributed by atoms with E-state index in [2.05, 4.69) is 10.3 Å². The molecule has 5 rings (SSSR count). The van der Waals surface area contributed by atoms with E-state index in [1.165, 1.54) is 0 Å². The number of piperazine rings is 1. The first-order chi connectivity index (χ1) is 16.5. The Hall–Kier alpha value is -3.72. The van der Waals surface area contributed by atoms with Gasteiger partial charge in [-0.05, 0) is 36.8 Å². The van der Waals surface area contributed by atoms with E-state index in [1.54, 1.807) is 21.6 Å². The van der Waals surface area contributed by atoms with Gasteiger partial charge in [-0.2, -0.15) is 0 Å². The standard InChI is InChI=1S/C25H27N5O4/c1-17-3-5-19(6-4-17)24(31)28-11-13-29(14-12-28)25(32)23-21-16-34-22(15-30(21)27-26-23)18-7-9-20(33-2)10-8-18/h3-10,22H,11-16H2,1-2H3. The third-order valence-corrected chi connectivity index (χ3v) is 6.44. The topological polar surface area (TPSA) is 89.8 Å². The molecule has 1 unspecified atom stereocenters. The number of carbonyl (C=O) groups excluding carboxylic acids is 2. The molecule has 0 spiro atoms. The highest BCUT2D eigenvalue weighted by atomic mass is 16.5. The number of aryl methyl sites for hydroxylation is 1. The Morgan fingerprint density at radius 1 is 0.941 bits per heavy atom. The lowest BCUT2D eigenvalue weighted by atomic mass is 10.1. The number of rotatable bonds is 4. The molecule has 9 nitrogen and oxygen atoms in total. The number of hydrogen-bond acceptors (Lipinski definition) is 6. The number of benzene rings is 2. The number of carbonyl (C=O) groups is 2. The third-order valence-electron chi connectivity index (χ3n) is 6.44. The Balaban J connectivity index is 1.21. The Labute approximate surface area is 197 Å². The van der Waals surface area contributed by atoms with Crippen molar-refractivity contribution in [2.45, 2.75) is 26.2 Å². The predicted octanol–water partition coefficient (Wildman–Crippen LogP) is 2.46. The zero-order valence-corrected chi connectivity index (χ0v) is 19.3. The van der Waals surface area contributed by atoms with Crippen LogP contribution in [0.25, 0.3) is 0 Å². The largest absolute Gasteiger partial charge is 0.497 e. The molecule has 1 saturated heterocycles. The van der Waals surface area contributed by atoms with Crippen LogP contribution in [0.2, 0.25) is 0 Å². The molecule has 2 aliphatic rings. The summed E-state index contributed by atoms with van der Waals surface area (Å²) in [5.74, 6) is 0.607. The van der Waals surface area contributed by atoms with Crippen LogP contribution in [0.4, 0.5) is 0 Å². The van der Waals surface area contributed by atoms with Crippen LogP contribution in [0.15, 0.2) is 48.5 Å². The fraction of sp³-hybridized carbons (Fsp3) is 0.360. The SMILES string of the molecule is COc1ccc(C2Cn3nnc(C(=O)N4CCN(C(=O)c5ccc(C)cc5)CC4)c3CO2)cc1. The van der Waals surface area contributed by atoms with Gasteiger partial charge in [0.15, 0.2) is 5.69 Å². The fourth-order valence-corrected chi connectivity index (χ4v) is 4.34. The van der Waals surface area contributed by atoms with Crippen molar-refractivity contribution in [3.8, 4) is 5.75 Å². The zero-order chi connectivity index (χ0) is 23.7. The molecule has 1 aromatic heterocycles. The van der Waals surface area contributed by atoms with Gasteiger partial charge < -0.3 is 19.3 Å². The minimum Gasteiger partial charge on any atom is -0.497 e. The molecule has 34 heavy (non-hydrogen) atoms. The molecule has 3 aromatic rings. The van der Waals surface area contributed by atoms with Crippen LogP contribution >= 0.6 is 0 Å². The van der Waals surface area contributed by atoms with Crippen LogP contribution < -0.4 is 4.74 Å². The maximum absolute atomic E-state index is 13.2. The number of nitrogens with zero attached hydrogens (tertiary/aromatic N) is 5. The van der Waals surface area contributed by atoms with Gasteiger partial charge in [0.25, 0.3) is 11.8 Å². The maximum atomic E-state index is 13.2. The summed E-state index contributed by atoms with van der Waals surface area (Å²) >= 11 is 0. The summed E-state index contributed by atoms with van der Waals surface area (Å²) in [7, 11) is 1.63. The minimum absolute atomic E-state index is 0.00823. The van der Waals surface area contributed by atoms with Crippen molar-refractivity contribution in [1.29, 1.82) is 0 Å². The second-order valence-electron chi connectivity index (χ2n) is 8.59. The second-order valence-corrected chi connectivity index (χ2v) is 8.59. The number of ether oxygens (including phenoxy) is 2. The Kier molecular flexibility index (Phi) is 6.02. The highest BCUT2D eigenvalue weighted by molar-refractivity contribution is 5.95. The molecule has 2 aliphatic heterocycles. The molecule has 1 fully saturated rings. The highest BCUT2D eigenvalue weighted by Crippen LogP contribution is 2.28. The highest BCUT2D eigenvalue weighted by Gasteiger charge is 2.32. The van der Waals surface area contributed by atoms with Crippen molar-refractivity contribution in [3.05, 3.63) is 76.6 Å². The van der Waals surface area contributed by atoms with Gasteiger partial charge in [0, 0.05) is 31.7 Å². The summed E-state index contributed by atoms with van der Waals surface area (Å²) in [6, 6.07) is 15.3. The van der Waals surface area contributed by atoms with E-state index >= 15 is 0 Å². The van der Waals surface area contributed by atoms with Gasteiger partial charge in [0.1, 0.15) is 11.9 Å². The Bertz CT molecular complexity index is 1180. The van der Waals surface area contributed by atoms with Gasteiger partial charge in [-0.15, -0.1) is 5.10 Å². The van der Waals surface area contributed by atoms with Crippen LogP contribution in [0.1, 0.15) is 43.8 Å². The van der Waals surface area contributed by atoms with E-state index in [4.69, 9.17) is 9.47 Å². The molecule has 0 bridgehead atoms. The van der Waals surface area contributed by atoms with Crippen LogP contribution in [-0.4, -0.2) is 69.9 Å². The number of hydrogen-bond donors (Lipinski definition) is 0. The van der Waals surface area contributed by atoms with E-state index in [9.17, 15) is 9.59 Å². The molecular formula is C25H27N5O4. The molecule has 2 aromatic carbocycles. The monoisotopic (exact) mass is 461 g/mol. The van der Waals surface area contributed by atoms with Crippen LogP contribution in [0.3, 0.4) is 0 Å². The van der Waals surface area contributed by atoms with Crippen molar-refractivity contribution in [1.82, 2.24) is 24.8 Å². The van der Waals surface area contributed by atoms with Gasteiger partial charge in [-0.3, -0.25) is 9.59 Å². The molecule has 176 valence electrons. The Morgan fingerprint density at radius 2 is 1.59 bits per heavy atom. The van der Waals surface area contributed by atoms with E-state index < -0.39 is 0 Å². The lowest BCUT2D eigenvalue weighted by Gasteiger charge is -2.34. The lowest BCUT2D eigenvalue weighted by molar-refractivity contribution is -0.00204. The van der Waals surface area contributed by atoms with Crippen molar-refractivity contribution in [2.24, 2.45) is 0 Å². The summed E-state index contributed by atoms with van der Waals surface area (Å²) < 4.78 is 13.0. The van der Waals surface area contributed by atoms with Gasteiger partial charge in [-0.25, -0.2) is 4.68 Å². The summed E-state index contributed by atoms with van der Waals surface area (Å²) in [5, 5.41) is 8.40. The summed E-state index contributed by atoms with van der Waals surface area (Å²) in [6.45, 7) is 4.62. The van der Waals surface area contributed by atoms with Crippen molar-refractivity contribution < 1.29 is 19.1 Å². The van der Waals surface area contributed by atoms with Crippen LogP contribution in [-0.2, 0) is 17.9 Å². The van der Waals surface area contributed by atoms with Crippen molar-refractivity contribution in [3.63, 3.8) is 0 Å². The molecule has 9 heteroatoms. The molecular weight excluding hydrogens is 434 g/mol. The summed E-state index contributed by atoms with van der Waals surface area (Å²) in [4.78, 5) is 29.5.